The molecular formula is C16H18N4O4. The largest absolute Gasteiger partial charge is 0.484 e. The summed E-state index contributed by atoms with van der Waals surface area (Å²) in [7, 11) is 0. The molecule has 1 N–H and O–H groups in total. The molecule has 1 fully saturated rings. The Morgan fingerprint density at radius 2 is 2.12 bits per heavy atom. The highest BCUT2D eigenvalue weighted by Crippen LogP contribution is 2.20. The van der Waals surface area contributed by atoms with Crippen LogP contribution in [0, 0.1) is 0 Å². The van der Waals surface area contributed by atoms with Gasteiger partial charge < -0.3 is 14.6 Å². The van der Waals surface area contributed by atoms with E-state index in [-0.39, 0.29) is 12.6 Å². The Bertz CT molecular complexity index is 676. The third-order valence-electron chi connectivity index (χ3n) is 3.71. The molecule has 8 heteroatoms. The first-order valence-corrected chi connectivity index (χ1v) is 7.59. The summed E-state index contributed by atoms with van der Waals surface area (Å²) in [6, 6.07) is 4.75. The Morgan fingerprint density at radius 3 is 2.67 bits per heavy atom. The zero-order valence-corrected chi connectivity index (χ0v) is 13.2. The van der Waals surface area contributed by atoms with Gasteiger partial charge in [0.15, 0.2) is 5.82 Å². The predicted molar refractivity (Wildman–Crippen MR) is 83.5 cm³/mol. The lowest BCUT2D eigenvalue weighted by Crippen LogP contribution is -2.38. The molecule has 1 aliphatic rings. The highest BCUT2D eigenvalue weighted by Gasteiger charge is 2.24. The average molecular weight is 330 g/mol. The van der Waals surface area contributed by atoms with Gasteiger partial charge in [0.1, 0.15) is 11.9 Å². The number of hydrogen-bond donors (Lipinski definition) is 1. The lowest BCUT2D eigenvalue weighted by Gasteiger charge is -2.27. The van der Waals surface area contributed by atoms with Gasteiger partial charge in [0.25, 0.3) is 0 Å². The number of hydrogen-bond acceptors (Lipinski definition) is 6. The van der Waals surface area contributed by atoms with Crippen LogP contribution in [-0.4, -0.2) is 50.4 Å². The molecule has 8 nitrogen and oxygen atoms in total. The molecule has 1 atom stereocenters. The lowest BCUT2D eigenvalue weighted by atomic mass is 10.2. The van der Waals surface area contributed by atoms with Crippen molar-refractivity contribution < 1.29 is 19.4 Å². The van der Waals surface area contributed by atoms with Crippen LogP contribution in [0.15, 0.2) is 36.8 Å². The number of rotatable bonds is 6. The molecule has 0 bridgehead atoms. The second-order valence-corrected chi connectivity index (χ2v) is 5.46. The van der Waals surface area contributed by atoms with Crippen LogP contribution in [0.4, 0.5) is 4.79 Å². The number of nitrogens with zero attached hydrogens (tertiary/aromatic N) is 4. The van der Waals surface area contributed by atoms with Crippen LogP contribution in [0.3, 0.4) is 0 Å². The molecule has 3 heterocycles. The second kappa shape index (κ2) is 7.22. The molecule has 2 aromatic rings. The van der Waals surface area contributed by atoms with E-state index in [1.165, 1.54) is 4.90 Å². The first-order valence-electron chi connectivity index (χ1n) is 7.59. The van der Waals surface area contributed by atoms with Crippen molar-refractivity contribution in [2.45, 2.75) is 25.6 Å². The average Bonchev–Trinajstić information content (AvgIpc) is 2.57. The third-order valence-corrected chi connectivity index (χ3v) is 3.71. The summed E-state index contributed by atoms with van der Waals surface area (Å²) in [6.07, 6.45) is 3.80. The van der Waals surface area contributed by atoms with Gasteiger partial charge in [0, 0.05) is 12.4 Å². The number of amides is 1. The molecule has 1 amide bonds. The second-order valence-electron chi connectivity index (χ2n) is 5.46. The van der Waals surface area contributed by atoms with Gasteiger partial charge in [-0.15, -0.1) is 0 Å². The van der Waals surface area contributed by atoms with E-state index in [1.807, 2.05) is 0 Å². The molecule has 0 aliphatic carbocycles. The number of carbonyl (C=O) groups is 1. The Kier molecular flexibility index (Phi) is 4.85. The molecule has 2 aromatic heterocycles. The third kappa shape index (κ3) is 3.77. The van der Waals surface area contributed by atoms with Crippen molar-refractivity contribution in [1.82, 2.24) is 19.9 Å². The summed E-state index contributed by atoms with van der Waals surface area (Å²) >= 11 is 0. The molecule has 0 saturated carbocycles. The maximum absolute atomic E-state index is 11.6. The normalized spacial score (nSPS) is 15.4. The smallest absolute Gasteiger partial charge is 0.408 e. The zero-order chi connectivity index (χ0) is 16.9. The Balaban J connectivity index is 1.67. The summed E-state index contributed by atoms with van der Waals surface area (Å²) in [5, 5.41) is 9.48. The molecule has 1 saturated heterocycles. The molecule has 0 radical (unpaired) electrons. The first kappa shape index (κ1) is 16.1. The van der Waals surface area contributed by atoms with Crippen molar-refractivity contribution in [3.05, 3.63) is 48.3 Å². The van der Waals surface area contributed by atoms with Gasteiger partial charge in [-0.25, -0.2) is 14.8 Å². The number of ether oxygens (including phenoxy) is 2. The summed E-state index contributed by atoms with van der Waals surface area (Å²) in [4.78, 5) is 25.3. The van der Waals surface area contributed by atoms with Crippen molar-refractivity contribution in [3.63, 3.8) is 0 Å². The predicted octanol–water partition coefficient (Wildman–Crippen LogP) is 1.89. The highest BCUT2D eigenvalue weighted by atomic mass is 16.6. The standard InChI is InChI=1S/C16H18N4O4/c1-11(15-17-5-2-6-18-15)20(16(21)22)8-12-3-4-13(7-19-12)24-14-9-23-10-14/h2-7,11,14H,8-10H2,1H3,(H,21,22)/t11-/m1/s1. The summed E-state index contributed by atoms with van der Waals surface area (Å²) in [5.41, 5.74) is 0.623. The van der Waals surface area contributed by atoms with E-state index in [0.717, 1.165) is 0 Å². The number of aromatic nitrogens is 3. The van der Waals surface area contributed by atoms with Crippen molar-refractivity contribution in [2.24, 2.45) is 0 Å². The highest BCUT2D eigenvalue weighted by molar-refractivity contribution is 5.65. The van der Waals surface area contributed by atoms with Crippen LogP contribution >= 0.6 is 0 Å². The SMILES string of the molecule is C[C@H](c1ncccn1)N(Cc1ccc(OC2COC2)cn1)C(=O)O. The molecular weight excluding hydrogens is 312 g/mol. The molecule has 0 spiro atoms. The van der Waals surface area contributed by atoms with Gasteiger partial charge in [0.2, 0.25) is 0 Å². The lowest BCUT2D eigenvalue weighted by molar-refractivity contribution is -0.0798. The van der Waals surface area contributed by atoms with Crippen LogP contribution < -0.4 is 4.74 Å². The van der Waals surface area contributed by atoms with Crippen LogP contribution in [-0.2, 0) is 11.3 Å². The minimum atomic E-state index is -1.05. The first-order chi connectivity index (χ1) is 11.6. The van der Waals surface area contributed by atoms with Gasteiger partial charge in [-0.2, -0.15) is 0 Å². The van der Waals surface area contributed by atoms with E-state index in [9.17, 15) is 9.90 Å². The van der Waals surface area contributed by atoms with Crippen molar-refractivity contribution in [1.29, 1.82) is 0 Å². The van der Waals surface area contributed by atoms with Gasteiger partial charge in [-0.1, -0.05) is 0 Å². The monoisotopic (exact) mass is 330 g/mol. The van der Waals surface area contributed by atoms with Gasteiger partial charge in [-0.3, -0.25) is 9.88 Å². The molecule has 0 unspecified atom stereocenters. The van der Waals surface area contributed by atoms with Gasteiger partial charge in [0.05, 0.1) is 37.7 Å². The Morgan fingerprint density at radius 1 is 1.38 bits per heavy atom. The number of carboxylic acid groups (broad SMARTS) is 1. The van der Waals surface area contributed by atoms with Gasteiger partial charge >= 0.3 is 6.09 Å². The molecule has 24 heavy (non-hydrogen) atoms. The topological polar surface area (TPSA) is 97.7 Å². The molecule has 0 aromatic carbocycles. The van der Waals surface area contributed by atoms with E-state index in [0.29, 0.717) is 30.5 Å². The van der Waals surface area contributed by atoms with E-state index in [4.69, 9.17) is 9.47 Å². The van der Waals surface area contributed by atoms with E-state index < -0.39 is 12.1 Å². The van der Waals surface area contributed by atoms with Crippen molar-refractivity contribution in [3.8, 4) is 5.75 Å². The van der Waals surface area contributed by atoms with Crippen molar-refractivity contribution in [2.75, 3.05) is 13.2 Å². The Hall–Kier alpha value is -2.74. The fourth-order valence-electron chi connectivity index (χ4n) is 2.26. The maximum atomic E-state index is 11.6. The fourth-order valence-corrected chi connectivity index (χ4v) is 2.26. The fraction of sp³-hybridized carbons (Fsp3) is 0.375. The van der Waals surface area contributed by atoms with Crippen LogP contribution in [0.5, 0.6) is 5.75 Å². The molecule has 3 rings (SSSR count). The number of pyridine rings is 1. The van der Waals surface area contributed by atoms with E-state index in [1.54, 1.807) is 43.7 Å². The van der Waals surface area contributed by atoms with Crippen LogP contribution in [0.2, 0.25) is 0 Å². The minimum Gasteiger partial charge on any atom is -0.484 e. The van der Waals surface area contributed by atoms with E-state index in [2.05, 4.69) is 15.0 Å². The zero-order valence-electron chi connectivity index (χ0n) is 13.2. The van der Waals surface area contributed by atoms with Gasteiger partial charge in [-0.05, 0) is 25.1 Å². The summed E-state index contributed by atoms with van der Waals surface area (Å²) < 4.78 is 10.7. The van der Waals surface area contributed by atoms with Crippen molar-refractivity contribution >= 4 is 6.09 Å². The molecule has 1 aliphatic heterocycles. The summed E-state index contributed by atoms with van der Waals surface area (Å²) in [5.74, 6) is 1.10. The summed E-state index contributed by atoms with van der Waals surface area (Å²) in [6.45, 7) is 3.06. The van der Waals surface area contributed by atoms with Crippen LogP contribution in [0.25, 0.3) is 0 Å². The van der Waals surface area contributed by atoms with E-state index >= 15 is 0 Å². The Labute approximate surface area is 139 Å². The quantitative estimate of drug-likeness (QED) is 0.863. The van der Waals surface area contributed by atoms with Crippen LogP contribution in [0.1, 0.15) is 24.5 Å². The minimum absolute atomic E-state index is 0.0726. The molecule has 126 valence electrons. The maximum Gasteiger partial charge on any atom is 0.408 e.